The molecule has 0 aliphatic rings. The molecule has 0 radical (unpaired) electrons. The van der Waals surface area contributed by atoms with Gasteiger partial charge in [-0.25, -0.2) is 4.39 Å². The SMILES string of the molecule is CCCNCCC(C)(O)c1cccc(OC)c1F. The van der Waals surface area contributed by atoms with E-state index in [4.69, 9.17) is 4.74 Å². The average molecular weight is 255 g/mol. The summed E-state index contributed by atoms with van der Waals surface area (Å²) in [6, 6.07) is 4.83. The van der Waals surface area contributed by atoms with Crippen molar-refractivity contribution in [3.8, 4) is 5.75 Å². The minimum absolute atomic E-state index is 0.161. The van der Waals surface area contributed by atoms with Gasteiger partial charge in [0.15, 0.2) is 11.6 Å². The molecule has 0 aliphatic heterocycles. The summed E-state index contributed by atoms with van der Waals surface area (Å²) in [6.07, 6.45) is 1.49. The molecule has 4 heteroatoms. The molecule has 0 bridgehead atoms. The highest BCUT2D eigenvalue weighted by atomic mass is 19.1. The van der Waals surface area contributed by atoms with Gasteiger partial charge in [-0.2, -0.15) is 0 Å². The predicted octanol–water partition coefficient (Wildman–Crippen LogP) is 2.43. The van der Waals surface area contributed by atoms with Crippen molar-refractivity contribution in [1.29, 1.82) is 0 Å². The molecule has 1 unspecified atom stereocenters. The maximum atomic E-state index is 14.0. The van der Waals surface area contributed by atoms with Gasteiger partial charge in [0.2, 0.25) is 0 Å². The summed E-state index contributed by atoms with van der Waals surface area (Å²) >= 11 is 0. The number of rotatable bonds is 7. The first-order valence-corrected chi connectivity index (χ1v) is 6.29. The molecule has 0 aromatic heterocycles. The number of ether oxygens (including phenoxy) is 1. The third-order valence-corrected chi connectivity index (χ3v) is 2.98. The molecular formula is C14H22FNO2. The summed E-state index contributed by atoms with van der Waals surface area (Å²) < 4.78 is 19.0. The van der Waals surface area contributed by atoms with Crippen LogP contribution in [0.1, 0.15) is 32.3 Å². The van der Waals surface area contributed by atoms with Gasteiger partial charge in [0.1, 0.15) is 0 Å². The van der Waals surface area contributed by atoms with Gasteiger partial charge in [-0.1, -0.05) is 19.1 Å². The van der Waals surface area contributed by atoms with Crippen LogP contribution in [0.5, 0.6) is 5.75 Å². The van der Waals surface area contributed by atoms with Crippen LogP contribution in [-0.2, 0) is 5.60 Å². The number of hydrogen-bond donors (Lipinski definition) is 2. The molecule has 0 saturated heterocycles. The third-order valence-electron chi connectivity index (χ3n) is 2.98. The van der Waals surface area contributed by atoms with Crippen LogP contribution in [0.15, 0.2) is 18.2 Å². The molecule has 0 fully saturated rings. The van der Waals surface area contributed by atoms with Crippen molar-refractivity contribution >= 4 is 0 Å². The van der Waals surface area contributed by atoms with E-state index >= 15 is 0 Å². The Morgan fingerprint density at radius 2 is 2.11 bits per heavy atom. The van der Waals surface area contributed by atoms with Crippen molar-refractivity contribution in [1.82, 2.24) is 5.32 Å². The minimum atomic E-state index is -1.20. The molecule has 0 saturated carbocycles. The van der Waals surface area contributed by atoms with Gasteiger partial charge in [0, 0.05) is 5.56 Å². The lowest BCUT2D eigenvalue weighted by molar-refractivity contribution is 0.0439. The van der Waals surface area contributed by atoms with E-state index in [0.29, 0.717) is 13.0 Å². The molecule has 0 heterocycles. The number of hydrogen-bond acceptors (Lipinski definition) is 3. The third kappa shape index (κ3) is 3.68. The van der Waals surface area contributed by atoms with Gasteiger partial charge < -0.3 is 15.2 Å². The summed E-state index contributed by atoms with van der Waals surface area (Å²) in [4.78, 5) is 0. The maximum absolute atomic E-state index is 14.0. The molecular weight excluding hydrogens is 233 g/mol. The molecule has 0 amide bonds. The first-order valence-electron chi connectivity index (χ1n) is 6.29. The lowest BCUT2D eigenvalue weighted by atomic mass is 9.92. The summed E-state index contributed by atoms with van der Waals surface area (Å²) in [6.45, 7) is 5.25. The summed E-state index contributed by atoms with van der Waals surface area (Å²) in [5, 5.41) is 13.5. The Morgan fingerprint density at radius 1 is 1.39 bits per heavy atom. The zero-order chi connectivity index (χ0) is 13.6. The number of aliphatic hydroxyl groups is 1. The van der Waals surface area contributed by atoms with Crippen LogP contribution in [0, 0.1) is 5.82 Å². The zero-order valence-corrected chi connectivity index (χ0v) is 11.3. The highest BCUT2D eigenvalue weighted by Crippen LogP contribution is 2.30. The molecule has 102 valence electrons. The molecule has 0 spiro atoms. The largest absolute Gasteiger partial charge is 0.494 e. The summed E-state index contributed by atoms with van der Waals surface area (Å²) in [5.41, 5.74) is -0.917. The molecule has 1 aromatic rings. The van der Waals surface area contributed by atoms with Crippen LogP contribution >= 0.6 is 0 Å². The number of benzene rings is 1. The molecule has 1 atom stereocenters. The van der Waals surface area contributed by atoms with Crippen LogP contribution in [0.25, 0.3) is 0 Å². The van der Waals surface area contributed by atoms with E-state index in [1.54, 1.807) is 25.1 Å². The standard InChI is InChI=1S/C14H22FNO2/c1-4-9-16-10-8-14(2,17)11-6-5-7-12(18-3)13(11)15/h5-7,16-17H,4,8-10H2,1-3H3. The highest BCUT2D eigenvalue weighted by molar-refractivity contribution is 5.34. The zero-order valence-electron chi connectivity index (χ0n) is 11.3. The van der Waals surface area contributed by atoms with E-state index in [9.17, 15) is 9.50 Å². The topological polar surface area (TPSA) is 41.5 Å². The minimum Gasteiger partial charge on any atom is -0.494 e. The van der Waals surface area contributed by atoms with Gasteiger partial charge in [0.25, 0.3) is 0 Å². The molecule has 0 aliphatic carbocycles. The van der Waals surface area contributed by atoms with Crippen LogP contribution < -0.4 is 10.1 Å². The Hall–Kier alpha value is -1.13. The van der Waals surface area contributed by atoms with E-state index in [-0.39, 0.29) is 11.3 Å². The maximum Gasteiger partial charge on any atom is 0.171 e. The smallest absolute Gasteiger partial charge is 0.171 e. The Balaban J connectivity index is 2.77. The molecule has 3 nitrogen and oxygen atoms in total. The van der Waals surface area contributed by atoms with Crippen LogP contribution in [0.3, 0.4) is 0 Å². The van der Waals surface area contributed by atoms with Crippen molar-refractivity contribution in [3.05, 3.63) is 29.6 Å². The number of nitrogens with one attached hydrogen (secondary N) is 1. The molecule has 18 heavy (non-hydrogen) atoms. The quantitative estimate of drug-likeness (QED) is 0.735. The summed E-state index contributed by atoms with van der Waals surface area (Å²) in [5.74, 6) is -0.324. The van der Waals surface area contributed by atoms with E-state index in [1.165, 1.54) is 7.11 Å². The van der Waals surface area contributed by atoms with Gasteiger partial charge in [-0.05, 0) is 38.9 Å². The second kappa shape index (κ2) is 6.71. The second-order valence-corrected chi connectivity index (χ2v) is 4.60. The first-order chi connectivity index (χ1) is 8.53. The Kier molecular flexibility index (Phi) is 5.56. The molecule has 1 rings (SSSR count). The fourth-order valence-corrected chi connectivity index (χ4v) is 1.85. The average Bonchev–Trinajstić information content (AvgIpc) is 2.35. The Bertz CT molecular complexity index is 380. The molecule has 2 N–H and O–H groups in total. The first kappa shape index (κ1) is 14.9. The van der Waals surface area contributed by atoms with Crippen molar-refractivity contribution in [2.24, 2.45) is 0 Å². The van der Waals surface area contributed by atoms with E-state index < -0.39 is 11.4 Å². The van der Waals surface area contributed by atoms with Crippen LogP contribution in [0.4, 0.5) is 4.39 Å². The van der Waals surface area contributed by atoms with E-state index in [2.05, 4.69) is 12.2 Å². The Labute approximate surface area is 108 Å². The lowest BCUT2D eigenvalue weighted by Crippen LogP contribution is -2.29. The Morgan fingerprint density at radius 3 is 2.72 bits per heavy atom. The van der Waals surface area contributed by atoms with Crippen molar-refractivity contribution < 1.29 is 14.2 Å². The van der Waals surface area contributed by atoms with Gasteiger partial charge >= 0.3 is 0 Å². The van der Waals surface area contributed by atoms with Crippen LogP contribution in [-0.4, -0.2) is 25.3 Å². The lowest BCUT2D eigenvalue weighted by Gasteiger charge is -2.25. The van der Waals surface area contributed by atoms with E-state index in [0.717, 1.165) is 13.0 Å². The van der Waals surface area contributed by atoms with Crippen molar-refractivity contribution in [3.63, 3.8) is 0 Å². The fourth-order valence-electron chi connectivity index (χ4n) is 1.85. The monoisotopic (exact) mass is 255 g/mol. The summed E-state index contributed by atoms with van der Waals surface area (Å²) in [7, 11) is 1.42. The highest BCUT2D eigenvalue weighted by Gasteiger charge is 2.27. The van der Waals surface area contributed by atoms with Crippen molar-refractivity contribution in [2.45, 2.75) is 32.3 Å². The second-order valence-electron chi connectivity index (χ2n) is 4.60. The van der Waals surface area contributed by atoms with Gasteiger partial charge in [0.05, 0.1) is 12.7 Å². The van der Waals surface area contributed by atoms with Gasteiger partial charge in [-0.3, -0.25) is 0 Å². The number of halogens is 1. The van der Waals surface area contributed by atoms with E-state index in [1.807, 2.05) is 0 Å². The van der Waals surface area contributed by atoms with Crippen molar-refractivity contribution in [2.75, 3.05) is 20.2 Å². The molecule has 1 aromatic carbocycles. The number of methoxy groups -OCH3 is 1. The van der Waals surface area contributed by atoms with Gasteiger partial charge in [-0.15, -0.1) is 0 Å². The van der Waals surface area contributed by atoms with Crippen LogP contribution in [0.2, 0.25) is 0 Å². The fraction of sp³-hybridized carbons (Fsp3) is 0.571. The predicted molar refractivity (Wildman–Crippen MR) is 70.3 cm³/mol. The normalized spacial score (nSPS) is 14.3.